The highest BCUT2D eigenvalue weighted by Crippen LogP contribution is 2.26. The number of hydrogen-bond acceptors (Lipinski definition) is 6. The number of thiazole rings is 2. The smallest absolute Gasteiger partial charge is 0.232 e. The zero-order valence-electron chi connectivity index (χ0n) is 17.7. The summed E-state index contributed by atoms with van der Waals surface area (Å²) in [5, 5.41) is 10.9. The molecular weight excluding hydrogens is 440 g/mol. The van der Waals surface area contributed by atoms with E-state index in [2.05, 4.69) is 39.7 Å². The van der Waals surface area contributed by atoms with Gasteiger partial charge in [-0.15, -0.1) is 22.7 Å². The number of carbonyl (C=O) groups excluding carboxylic acids is 2. The normalized spacial score (nSPS) is 10.7. The molecule has 2 amide bonds. The highest BCUT2D eigenvalue weighted by Gasteiger charge is 2.12. The van der Waals surface area contributed by atoms with Gasteiger partial charge in [0.2, 0.25) is 11.8 Å². The molecule has 4 aromatic rings. The second kappa shape index (κ2) is 9.84. The van der Waals surface area contributed by atoms with Crippen LogP contribution in [0, 0.1) is 6.92 Å². The van der Waals surface area contributed by atoms with E-state index in [1.54, 1.807) is 0 Å². The molecule has 2 aromatic heterocycles. The Morgan fingerprint density at radius 3 is 2.34 bits per heavy atom. The van der Waals surface area contributed by atoms with E-state index < -0.39 is 0 Å². The standard InChI is InChI=1S/C24H22N4O2S2/c1-15-3-7-19(8-4-15)23-26-20(13-31-23)11-22(30)28-24-27-21(14-32-24)18-9-5-17(6-10-18)12-25-16(2)29/h3-10,13-14H,11-12H2,1-2H3,(H,25,29)(H,27,28,30). The third-order valence-corrected chi connectivity index (χ3v) is 6.43. The summed E-state index contributed by atoms with van der Waals surface area (Å²) in [7, 11) is 0. The predicted molar refractivity (Wildman–Crippen MR) is 130 cm³/mol. The molecule has 0 radical (unpaired) electrons. The Labute approximate surface area is 194 Å². The van der Waals surface area contributed by atoms with Gasteiger partial charge in [-0.25, -0.2) is 9.97 Å². The van der Waals surface area contributed by atoms with E-state index in [9.17, 15) is 9.59 Å². The zero-order chi connectivity index (χ0) is 22.5. The Morgan fingerprint density at radius 2 is 1.62 bits per heavy atom. The van der Waals surface area contributed by atoms with Gasteiger partial charge in [-0.1, -0.05) is 54.1 Å². The van der Waals surface area contributed by atoms with Crippen LogP contribution in [0.4, 0.5) is 5.13 Å². The number of amides is 2. The number of hydrogen-bond donors (Lipinski definition) is 2. The largest absolute Gasteiger partial charge is 0.352 e. The molecule has 0 aliphatic heterocycles. The van der Waals surface area contributed by atoms with Crippen molar-refractivity contribution in [3.8, 4) is 21.8 Å². The summed E-state index contributed by atoms with van der Waals surface area (Å²) in [6, 6.07) is 16.0. The molecule has 162 valence electrons. The zero-order valence-corrected chi connectivity index (χ0v) is 19.3. The molecule has 0 spiro atoms. The summed E-state index contributed by atoms with van der Waals surface area (Å²) in [6.45, 7) is 4.04. The van der Waals surface area contributed by atoms with Crippen molar-refractivity contribution < 1.29 is 9.59 Å². The number of carbonyl (C=O) groups is 2. The number of anilines is 1. The lowest BCUT2D eigenvalue weighted by Gasteiger charge is -2.03. The minimum Gasteiger partial charge on any atom is -0.352 e. The Morgan fingerprint density at radius 1 is 0.906 bits per heavy atom. The average molecular weight is 463 g/mol. The topological polar surface area (TPSA) is 84.0 Å². The Bertz CT molecular complexity index is 1230. The SMILES string of the molecule is CC(=O)NCc1ccc(-c2csc(NC(=O)Cc3csc(-c4ccc(C)cc4)n3)n2)cc1. The van der Waals surface area contributed by atoms with Crippen LogP contribution in [-0.4, -0.2) is 21.8 Å². The van der Waals surface area contributed by atoms with Crippen molar-refractivity contribution in [3.05, 3.63) is 76.1 Å². The number of rotatable bonds is 7. The minimum atomic E-state index is -0.141. The van der Waals surface area contributed by atoms with E-state index in [-0.39, 0.29) is 18.2 Å². The van der Waals surface area contributed by atoms with Crippen LogP contribution in [0.2, 0.25) is 0 Å². The molecule has 0 unspecified atom stereocenters. The summed E-state index contributed by atoms with van der Waals surface area (Å²) in [4.78, 5) is 32.6. The van der Waals surface area contributed by atoms with E-state index in [0.29, 0.717) is 11.7 Å². The maximum atomic E-state index is 12.5. The second-order valence-corrected chi connectivity index (χ2v) is 9.10. The molecule has 0 bridgehead atoms. The monoisotopic (exact) mass is 462 g/mol. The van der Waals surface area contributed by atoms with Crippen molar-refractivity contribution in [3.63, 3.8) is 0 Å². The number of benzene rings is 2. The van der Waals surface area contributed by atoms with Gasteiger partial charge < -0.3 is 10.6 Å². The van der Waals surface area contributed by atoms with Crippen LogP contribution in [0.15, 0.2) is 59.3 Å². The third kappa shape index (κ3) is 5.66. The van der Waals surface area contributed by atoms with Crippen molar-refractivity contribution in [2.75, 3.05) is 5.32 Å². The molecule has 2 heterocycles. The number of aromatic nitrogens is 2. The van der Waals surface area contributed by atoms with Crippen LogP contribution in [0.5, 0.6) is 0 Å². The van der Waals surface area contributed by atoms with E-state index in [0.717, 1.165) is 33.1 Å². The number of nitrogens with zero attached hydrogens (tertiary/aromatic N) is 2. The molecule has 4 rings (SSSR count). The fourth-order valence-electron chi connectivity index (χ4n) is 3.03. The van der Waals surface area contributed by atoms with Gasteiger partial charge in [0, 0.05) is 35.4 Å². The summed E-state index contributed by atoms with van der Waals surface area (Å²) in [6.07, 6.45) is 0.203. The molecule has 32 heavy (non-hydrogen) atoms. The highest BCUT2D eigenvalue weighted by molar-refractivity contribution is 7.14. The minimum absolute atomic E-state index is 0.0574. The molecular formula is C24H22N4O2S2. The van der Waals surface area contributed by atoms with Crippen molar-refractivity contribution in [2.45, 2.75) is 26.8 Å². The Kier molecular flexibility index (Phi) is 6.72. The Hall–Kier alpha value is -3.36. The molecule has 8 heteroatoms. The predicted octanol–water partition coefficient (Wildman–Crippen LogP) is 5.06. The van der Waals surface area contributed by atoms with E-state index in [4.69, 9.17) is 0 Å². The van der Waals surface area contributed by atoms with Crippen LogP contribution in [0.25, 0.3) is 21.8 Å². The first-order valence-electron chi connectivity index (χ1n) is 10.1. The number of aryl methyl sites for hydroxylation is 1. The van der Waals surface area contributed by atoms with Crippen molar-refractivity contribution in [2.24, 2.45) is 0 Å². The maximum Gasteiger partial charge on any atom is 0.232 e. The van der Waals surface area contributed by atoms with Gasteiger partial charge in [-0.2, -0.15) is 0 Å². The van der Waals surface area contributed by atoms with E-state index >= 15 is 0 Å². The second-order valence-electron chi connectivity index (χ2n) is 7.38. The first-order valence-corrected chi connectivity index (χ1v) is 11.8. The molecule has 0 aliphatic rings. The van der Waals surface area contributed by atoms with Crippen LogP contribution in [0.3, 0.4) is 0 Å². The van der Waals surface area contributed by atoms with Crippen molar-refractivity contribution >= 4 is 39.6 Å². The lowest BCUT2D eigenvalue weighted by molar-refractivity contribution is -0.119. The molecule has 0 aliphatic carbocycles. The fourth-order valence-corrected chi connectivity index (χ4v) is 4.59. The first-order chi connectivity index (χ1) is 15.5. The fraction of sp³-hybridized carbons (Fsp3) is 0.167. The van der Waals surface area contributed by atoms with E-state index in [1.807, 2.05) is 47.2 Å². The first kappa shape index (κ1) is 21.9. The lowest BCUT2D eigenvalue weighted by Crippen LogP contribution is -2.18. The lowest BCUT2D eigenvalue weighted by atomic mass is 10.1. The van der Waals surface area contributed by atoms with Crippen LogP contribution >= 0.6 is 22.7 Å². The quantitative estimate of drug-likeness (QED) is 0.402. The molecule has 0 saturated heterocycles. The Balaban J connectivity index is 1.35. The summed E-state index contributed by atoms with van der Waals surface area (Å²) in [5.74, 6) is -0.199. The van der Waals surface area contributed by atoms with Crippen LogP contribution in [0.1, 0.15) is 23.7 Å². The van der Waals surface area contributed by atoms with Crippen LogP contribution in [-0.2, 0) is 22.6 Å². The van der Waals surface area contributed by atoms with Gasteiger partial charge in [0.25, 0.3) is 0 Å². The summed E-state index contributed by atoms with van der Waals surface area (Å²) >= 11 is 2.92. The van der Waals surface area contributed by atoms with Gasteiger partial charge >= 0.3 is 0 Å². The third-order valence-electron chi connectivity index (χ3n) is 4.73. The average Bonchev–Trinajstić information content (AvgIpc) is 3.43. The molecule has 0 atom stereocenters. The van der Waals surface area contributed by atoms with Crippen LogP contribution < -0.4 is 10.6 Å². The molecule has 2 N–H and O–H groups in total. The summed E-state index contributed by atoms with van der Waals surface area (Å²) in [5.41, 5.74) is 5.77. The number of nitrogens with one attached hydrogen (secondary N) is 2. The van der Waals surface area contributed by atoms with Crippen molar-refractivity contribution in [1.29, 1.82) is 0 Å². The molecule has 0 fully saturated rings. The molecule has 2 aromatic carbocycles. The van der Waals surface area contributed by atoms with Gasteiger partial charge in [-0.05, 0) is 12.5 Å². The summed E-state index contributed by atoms with van der Waals surface area (Å²) < 4.78 is 0. The van der Waals surface area contributed by atoms with Crippen molar-refractivity contribution in [1.82, 2.24) is 15.3 Å². The van der Waals surface area contributed by atoms with Gasteiger partial charge in [0.15, 0.2) is 5.13 Å². The maximum absolute atomic E-state index is 12.5. The van der Waals surface area contributed by atoms with E-state index in [1.165, 1.54) is 35.2 Å². The molecule has 0 saturated carbocycles. The molecule has 6 nitrogen and oxygen atoms in total. The van der Waals surface area contributed by atoms with Gasteiger partial charge in [-0.3, -0.25) is 9.59 Å². The van der Waals surface area contributed by atoms with Gasteiger partial charge in [0.1, 0.15) is 5.01 Å². The highest BCUT2D eigenvalue weighted by atomic mass is 32.1. The van der Waals surface area contributed by atoms with Gasteiger partial charge in [0.05, 0.1) is 17.8 Å².